The highest BCUT2D eigenvalue weighted by Gasteiger charge is 2.22. The van der Waals surface area contributed by atoms with E-state index in [1.807, 2.05) is 6.07 Å². The molecule has 1 rings (SSSR count). The number of nitrogens with two attached hydrogens (primary N) is 1. The molecule has 0 saturated carbocycles. The van der Waals surface area contributed by atoms with Crippen molar-refractivity contribution < 1.29 is 19.1 Å². The standard InChI is InChI=1S/C15H23N3O4.ClH/c1-3-22-14(19)6-8-18(15(20)13(16)11-21-2)10-12-5-4-7-17-9-12;/h4-5,7,9,13H,3,6,8,10-11,16H2,1-2H3;1H. The minimum Gasteiger partial charge on any atom is -0.466 e. The third-order valence-corrected chi connectivity index (χ3v) is 2.96. The number of rotatable bonds is 9. The van der Waals surface area contributed by atoms with E-state index >= 15 is 0 Å². The Hall–Kier alpha value is -1.70. The SMILES string of the molecule is CCOC(=O)CCN(Cc1cccnc1)C(=O)C(N)COC.Cl. The lowest BCUT2D eigenvalue weighted by Gasteiger charge is -2.25. The van der Waals surface area contributed by atoms with Crippen molar-refractivity contribution in [2.45, 2.75) is 25.9 Å². The van der Waals surface area contributed by atoms with E-state index < -0.39 is 6.04 Å². The molecule has 1 atom stereocenters. The van der Waals surface area contributed by atoms with E-state index in [1.54, 1.807) is 25.4 Å². The normalized spacial score (nSPS) is 11.3. The maximum atomic E-state index is 12.4. The molecular formula is C15H24ClN3O4. The van der Waals surface area contributed by atoms with E-state index in [4.69, 9.17) is 15.2 Å². The first kappa shape index (κ1) is 21.3. The van der Waals surface area contributed by atoms with Crippen molar-refractivity contribution in [3.63, 3.8) is 0 Å². The summed E-state index contributed by atoms with van der Waals surface area (Å²) >= 11 is 0. The molecule has 7 nitrogen and oxygen atoms in total. The van der Waals surface area contributed by atoms with Gasteiger partial charge in [0.25, 0.3) is 0 Å². The number of methoxy groups -OCH3 is 1. The number of ether oxygens (including phenoxy) is 2. The summed E-state index contributed by atoms with van der Waals surface area (Å²) in [6.07, 6.45) is 3.46. The lowest BCUT2D eigenvalue weighted by molar-refractivity contribution is -0.144. The molecule has 0 fully saturated rings. The van der Waals surface area contributed by atoms with Gasteiger partial charge in [-0.15, -0.1) is 12.4 Å². The maximum absolute atomic E-state index is 12.4. The van der Waals surface area contributed by atoms with Gasteiger partial charge in [-0.2, -0.15) is 0 Å². The average molecular weight is 346 g/mol. The van der Waals surface area contributed by atoms with Crippen LogP contribution in [0.5, 0.6) is 0 Å². The Bertz CT molecular complexity index is 473. The summed E-state index contributed by atoms with van der Waals surface area (Å²) < 4.78 is 9.80. The van der Waals surface area contributed by atoms with Crippen LogP contribution in [0, 0.1) is 0 Å². The van der Waals surface area contributed by atoms with E-state index in [1.165, 1.54) is 12.0 Å². The third-order valence-electron chi connectivity index (χ3n) is 2.96. The van der Waals surface area contributed by atoms with Gasteiger partial charge in [0.15, 0.2) is 0 Å². The minimum absolute atomic E-state index is 0. The van der Waals surface area contributed by atoms with Crippen LogP contribution in [-0.2, 0) is 25.6 Å². The van der Waals surface area contributed by atoms with Crippen LogP contribution in [0.4, 0.5) is 0 Å². The first-order valence-electron chi connectivity index (χ1n) is 7.16. The molecule has 2 N–H and O–H groups in total. The van der Waals surface area contributed by atoms with Crippen LogP contribution in [0.15, 0.2) is 24.5 Å². The summed E-state index contributed by atoms with van der Waals surface area (Å²) in [5, 5.41) is 0. The highest BCUT2D eigenvalue weighted by atomic mass is 35.5. The zero-order valence-corrected chi connectivity index (χ0v) is 14.3. The van der Waals surface area contributed by atoms with Gasteiger partial charge in [-0.05, 0) is 18.6 Å². The fourth-order valence-corrected chi connectivity index (χ4v) is 1.92. The van der Waals surface area contributed by atoms with Crippen molar-refractivity contribution in [3.8, 4) is 0 Å². The summed E-state index contributed by atoms with van der Waals surface area (Å²) in [4.78, 5) is 29.4. The summed E-state index contributed by atoms with van der Waals surface area (Å²) in [5.41, 5.74) is 6.66. The minimum atomic E-state index is -0.760. The predicted octanol–water partition coefficient (Wildman–Crippen LogP) is 0.759. The second-order valence-electron chi connectivity index (χ2n) is 4.74. The van der Waals surface area contributed by atoms with E-state index in [2.05, 4.69) is 4.98 Å². The van der Waals surface area contributed by atoms with Crippen molar-refractivity contribution in [2.24, 2.45) is 5.73 Å². The number of amides is 1. The third kappa shape index (κ3) is 7.92. The molecular weight excluding hydrogens is 322 g/mol. The van der Waals surface area contributed by atoms with Gasteiger partial charge in [-0.25, -0.2) is 0 Å². The quantitative estimate of drug-likeness (QED) is 0.664. The van der Waals surface area contributed by atoms with Gasteiger partial charge in [0.2, 0.25) is 5.91 Å². The van der Waals surface area contributed by atoms with Crippen LogP contribution >= 0.6 is 12.4 Å². The molecule has 0 aliphatic carbocycles. The Labute approximate surface area is 142 Å². The molecule has 0 spiro atoms. The number of hydrogen-bond acceptors (Lipinski definition) is 6. The number of hydrogen-bond donors (Lipinski definition) is 1. The molecule has 1 heterocycles. The van der Waals surface area contributed by atoms with Crippen LogP contribution in [0.3, 0.4) is 0 Å². The zero-order chi connectivity index (χ0) is 16.4. The summed E-state index contributed by atoms with van der Waals surface area (Å²) in [6, 6.07) is 2.89. The summed E-state index contributed by atoms with van der Waals surface area (Å²) in [7, 11) is 1.48. The van der Waals surface area contributed by atoms with Crippen LogP contribution in [0.1, 0.15) is 18.9 Å². The molecule has 1 aromatic rings. The van der Waals surface area contributed by atoms with Gasteiger partial charge in [0, 0.05) is 32.6 Å². The molecule has 23 heavy (non-hydrogen) atoms. The molecule has 0 aliphatic rings. The number of carbonyl (C=O) groups is 2. The molecule has 8 heteroatoms. The van der Waals surface area contributed by atoms with Gasteiger partial charge in [0.05, 0.1) is 19.6 Å². The second-order valence-corrected chi connectivity index (χ2v) is 4.74. The highest BCUT2D eigenvalue weighted by molar-refractivity contribution is 5.85. The molecule has 1 amide bonds. The van der Waals surface area contributed by atoms with Crippen LogP contribution in [-0.4, -0.2) is 54.7 Å². The van der Waals surface area contributed by atoms with Crippen LogP contribution in [0.2, 0.25) is 0 Å². The Balaban J connectivity index is 0.00000484. The van der Waals surface area contributed by atoms with Crippen molar-refractivity contribution in [3.05, 3.63) is 30.1 Å². The highest BCUT2D eigenvalue weighted by Crippen LogP contribution is 2.06. The van der Waals surface area contributed by atoms with E-state index in [-0.39, 0.29) is 43.9 Å². The number of aromatic nitrogens is 1. The first-order valence-corrected chi connectivity index (χ1v) is 7.16. The van der Waals surface area contributed by atoms with Crippen molar-refractivity contribution >= 4 is 24.3 Å². The molecule has 0 radical (unpaired) electrons. The Kier molecular flexibility index (Phi) is 10.9. The van der Waals surface area contributed by atoms with Crippen molar-refractivity contribution in [1.29, 1.82) is 0 Å². The largest absolute Gasteiger partial charge is 0.466 e. The topological polar surface area (TPSA) is 94.8 Å². The first-order chi connectivity index (χ1) is 10.6. The molecule has 1 unspecified atom stereocenters. The number of carbonyl (C=O) groups excluding carboxylic acids is 2. The molecule has 1 aromatic heterocycles. The Morgan fingerprint density at radius 2 is 2.17 bits per heavy atom. The molecule has 0 aliphatic heterocycles. The number of esters is 1. The van der Waals surface area contributed by atoms with Gasteiger partial charge in [-0.1, -0.05) is 6.07 Å². The van der Waals surface area contributed by atoms with E-state index in [9.17, 15) is 9.59 Å². The van der Waals surface area contributed by atoms with Crippen molar-refractivity contribution in [1.82, 2.24) is 9.88 Å². The van der Waals surface area contributed by atoms with Crippen molar-refractivity contribution in [2.75, 3.05) is 26.9 Å². The summed E-state index contributed by atoms with van der Waals surface area (Å²) in [5.74, 6) is -0.609. The van der Waals surface area contributed by atoms with Crippen LogP contribution < -0.4 is 5.73 Å². The van der Waals surface area contributed by atoms with Gasteiger partial charge in [-0.3, -0.25) is 14.6 Å². The maximum Gasteiger partial charge on any atom is 0.307 e. The Morgan fingerprint density at radius 1 is 1.43 bits per heavy atom. The Morgan fingerprint density at radius 3 is 2.74 bits per heavy atom. The fourth-order valence-electron chi connectivity index (χ4n) is 1.92. The second kappa shape index (κ2) is 11.8. The molecule has 0 saturated heterocycles. The fraction of sp³-hybridized carbons (Fsp3) is 0.533. The number of pyridine rings is 1. The smallest absolute Gasteiger partial charge is 0.307 e. The van der Waals surface area contributed by atoms with Gasteiger partial charge >= 0.3 is 5.97 Å². The lowest BCUT2D eigenvalue weighted by atomic mass is 10.2. The monoisotopic (exact) mass is 345 g/mol. The van der Waals surface area contributed by atoms with E-state index in [0.29, 0.717) is 13.2 Å². The number of nitrogens with zero attached hydrogens (tertiary/aromatic N) is 2. The summed E-state index contributed by atoms with van der Waals surface area (Å²) in [6.45, 7) is 2.76. The van der Waals surface area contributed by atoms with Gasteiger partial charge in [0.1, 0.15) is 6.04 Å². The number of halogens is 1. The van der Waals surface area contributed by atoms with Gasteiger partial charge < -0.3 is 20.1 Å². The van der Waals surface area contributed by atoms with Crippen LogP contribution in [0.25, 0.3) is 0 Å². The average Bonchev–Trinajstić information content (AvgIpc) is 2.52. The lowest BCUT2D eigenvalue weighted by Crippen LogP contribution is -2.46. The van der Waals surface area contributed by atoms with E-state index in [0.717, 1.165) is 5.56 Å². The molecule has 0 aromatic carbocycles. The predicted molar refractivity (Wildman–Crippen MR) is 88.0 cm³/mol. The molecule has 130 valence electrons. The molecule has 0 bridgehead atoms. The zero-order valence-electron chi connectivity index (χ0n) is 13.4.